The predicted molar refractivity (Wildman–Crippen MR) is 95.3 cm³/mol. The Morgan fingerprint density at radius 3 is 2.64 bits per heavy atom. The molecule has 0 bridgehead atoms. The topological polar surface area (TPSA) is 69.6 Å². The normalized spacial score (nSPS) is 26.7. The van der Waals surface area contributed by atoms with Crippen LogP contribution in [-0.4, -0.2) is 71.7 Å². The summed E-state index contributed by atoms with van der Waals surface area (Å²) in [5, 5.41) is 0. The summed E-state index contributed by atoms with van der Waals surface area (Å²) in [4.78, 5) is 11.7. The Bertz CT molecular complexity index is 733. The van der Waals surface area contributed by atoms with E-state index in [1.165, 1.54) is 5.56 Å². The van der Waals surface area contributed by atoms with Gasteiger partial charge in [0.25, 0.3) is 10.2 Å². The van der Waals surface area contributed by atoms with Gasteiger partial charge in [0.1, 0.15) is 5.82 Å². The predicted octanol–water partition coefficient (Wildman–Crippen LogP) is 0.985. The van der Waals surface area contributed by atoms with Crippen LogP contribution in [0.1, 0.15) is 48.7 Å². The van der Waals surface area contributed by atoms with E-state index < -0.39 is 10.2 Å². The first-order valence-electron chi connectivity index (χ1n) is 9.32. The summed E-state index contributed by atoms with van der Waals surface area (Å²) in [5.74, 6) is 0.931. The van der Waals surface area contributed by atoms with E-state index in [4.69, 9.17) is 4.98 Å². The van der Waals surface area contributed by atoms with Crippen LogP contribution < -0.4 is 0 Å². The van der Waals surface area contributed by atoms with Gasteiger partial charge in [0, 0.05) is 69.1 Å². The zero-order valence-corrected chi connectivity index (χ0v) is 15.7. The Morgan fingerprint density at radius 2 is 1.84 bits per heavy atom. The fourth-order valence-corrected chi connectivity index (χ4v) is 5.89. The molecule has 0 amide bonds. The van der Waals surface area contributed by atoms with Gasteiger partial charge in [-0.1, -0.05) is 0 Å². The van der Waals surface area contributed by atoms with Crippen LogP contribution in [0.4, 0.5) is 0 Å². The van der Waals surface area contributed by atoms with E-state index in [1.807, 2.05) is 6.20 Å². The highest BCUT2D eigenvalue weighted by Crippen LogP contribution is 2.29. The van der Waals surface area contributed by atoms with Gasteiger partial charge in [-0.15, -0.1) is 0 Å². The van der Waals surface area contributed by atoms with Crippen molar-refractivity contribution in [3.8, 4) is 0 Å². The third-order valence-corrected chi connectivity index (χ3v) is 7.61. The molecule has 7 nitrogen and oxygen atoms in total. The van der Waals surface area contributed by atoms with E-state index in [9.17, 15) is 8.42 Å². The minimum absolute atomic E-state index is 0.107. The monoisotopic (exact) mass is 365 g/mol. The van der Waals surface area contributed by atoms with Crippen molar-refractivity contribution >= 4 is 10.2 Å². The van der Waals surface area contributed by atoms with Gasteiger partial charge >= 0.3 is 0 Å². The van der Waals surface area contributed by atoms with E-state index >= 15 is 0 Å². The van der Waals surface area contributed by atoms with Crippen molar-refractivity contribution < 1.29 is 8.42 Å². The van der Waals surface area contributed by atoms with Crippen LogP contribution in [-0.2, 0) is 23.2 Å². The number of likely N-dealkylation sites (N-methyl/N-ethyl adjacent to an activating group) is 1. The third kappa shape index (κ3) is 3.45. The highest BCUT2D eigenvalue weighted by Gasteiger charge is 2.36. The van der Waals surface area contributed by atoms with E-state index in [0.717, 1.165) is 56.7 Å². The Labute approximate surface area is 150 Å². The van der Waals surface area contributed by atoms with Crippen LogP contribution in [0.25, 0.3) is 0 Å². The van der Waals surface area contributed by atoms with Gasteiger partial charge in [0.2, 0.25) is 0 Å². The van der Waals surface area contributed by atoms with Crippen molar-refractivity contribution in [3.05, 3.63) is 23.3 Å². The second kappa shape index (κ2) is 6.90. The first-order chi connectivity index (χ1) is 12.0. The van der Waals surface area contributed by atoms with E-state index in [1.54, 1.807) is 8.61 Å². The second-order valence-corrected chi connectivity index (χ2v) is 9.43. The molecule has 0 radical (unpaired) electrons. The molecule has 1 atom stereocenters. The van der Waals surface area contributed by atoms with Crippen LogP contribution in [0, 0.1) is 0 Å². The molecule has 0 unspecified atom stereocenters. The highest BCUT2D eigenvalue weighted by molar-refractivity contribution is 7.86. The van der Waals surface area contributed by atoms with Crippen molar-refractivity contribution in [3.63, 3.8) is 0 Å². The lowest BCUT2D eigenvalue weighted by Gasteiger charge is -2.34. The lowest BCUT2D eigenvalue weighted by atomic mass is 9.98. The molecule has 0 N–H and O–H groups in total. The molecule has 1 aromatic heterocycles. The summed E-state index contributed by atoms with van der Waals surface area (Å²) in [6.07, 6.45) is 6.68. The van der Waals surface area contributed by atoms with Gasteiger partial charge in [-0.2, -0.15) is 17.0 Å². The molecular weight excluding hydrogens is 338 g/mol. The Hall–Kier alpha value is -1.09. The van der Waals surface area contributed by atoms with Gasteiger partial charge < -0.3 is 4.90 Å². The average molecular weight is 366 g/mol. The summed E-state index contributed by atoms with van der Waals surface area (Å²) < 4.78 is 29.0. The number of piperidine rings is 1. The Morgan fingerprint density at radius 1 is 1.08 bits per heavy atom. The van der Waals surface area contributed by atoms with Gasteiger partial charge in [-0.05, 0) is 32.7 Å². The molecule has 3 aliphatic heterocycles. The van der Waals surface area contributed by atoms with Gasteiger partial charge in [-0.3, -0.25) is 0 Å². The molecule has 0 spiro atoms. The third-order valence-electron chi connectivity index (χ3n) is 5.61. The maximum Gasteiger partial charge on any atom is 0.281 e. The molecule has 138 valence electrons. The van der Waals surface area contributed by atoms with Crippen LogP contribution in [0.2, 0.25) is 0 Å². The van der Waals surface area contributed by atoms with E-state index in [0.29, 0.717) is 26.2 Å². The van der Waals surface area contributed by atoms with Crippen LogP contribution >= 0.6 is 0 Å². The first-order valence-corrected chi connectivity index (χ1v) is 10.7. The molecule has 4 heterocycles. The van der Waals surface area contributed by atoms with Crippen LogP contribution in [0.3, 0.4) is 0 Å². The molecule has 0 saturated carbocycles. The van der Waals surface area contributed by atoms with Crippen molar-refractivity contribution in [1.82, 2.24) is 23.5 Å². The quantitative estimate of drug-likeness (QED) is 0.799. The number of rotatable bonds is 3. The highest BCUT2D eigenvalue weighted by atomic mass is 32.2. The Balaban J connectivity index is 1.51. The zero-order chi connectivity index (χ0) is 17.4. The summed E-state index contributed by atoms with van der Waals surface area (Å²) >= 11 is 0. The number of nitrogens with zero attached hydrogens (tertiary/aromatic N) is 5. The Kier molecular flexibility index (Phi) is 4.79. The van der Waals surface area contributed by atoms with Crippen molar-refractivity contribution in [2.75, 3.05) is 39.8 Å². The average Bonchev–Trinajstić information content (AvgIpc) is 3.17. The molecule has 3 aliphatic rings. The molecule has 1 aromatic rings. The summed E-state index contributed by atoms with van der Waals surface area (Å²) in [6, 6.07) is 0. The van der Waals surface area contributed by atoms with E-state index in [2.05, 4.69) is 16.9 Å². The first kappa shape index (κ1) is 17.3. The molecule has 2 fully saturated rings. The number of fused-ring (bicyclic) bond motifs is 1. The minimum Gasteiger partial charge on any atom is -0.302 e. The van der Waals surface area contributed by atoms with Gasteiger partial charge in [0.05, 0.1) is 0 Å². The zero-order valence-electron chi connectivity index (χ0n) is 14.9. The maximum absolute atomic E-state index is 12.8. The van der Waals surface area contributed by atoms with Crippen LogP contribution in [0.15, 0.2) is 6.20 Å². The van der Waals surface area contributed by atoms with Crippen LogP contribution in [0.5, 0.6) is 0 Å². The summed E-state index contributed by atoms with van der Waals surface area (Å²) in [5.41, 5.74) is 2.34. The molecule has 2 saturated heterocycles. The smallest absolute Gasteiger partial charge is 0.281 e. The molecular formula is C17H27N5O2S. The van der Waals surface area contributed by atoms with E-state index in [-0.39, 0.29) is 5.92 Å². The van der Waals surface area contributed by atoms with Gasteiger partial charge in [-0.25, -0.2) is 9.97 Å². The maximum atomic E-state index is 12.8. The number of aromatic nitrogens is 2. The SMILES string of the molecule is CN1CCc2nc([C@H]3CCCN(S(=O)(=O)N4CCCC4)C3)ncc2C1. The number of hydrogen-bond acceptors (Lipinski definition) is 5. The summed E-state index contributed by atoms with van der Waals surface area (Å²) in [6.45, 7) is 4.36. The molecule has 8 heteroatoms. The second-order valence-electron chi connectivity index (χ2n) is 7.50. The number of hydrogen-bond donors (Lipinski definition) is 0. The van der Waals surface area contributed by atoms with Crippen molar-refractivity contribution in [2.45, 2.75) is 44.6 Å². The fraction of sp³-hybridized carbons (Fsp3) is 0.765. The standard InChI is InChI=1S/C17H27N5O2S/c1-20-10-6-16-15(12-20)11-18-17(19-16)14-5-4-9-22(13-14)25(23,24)21-7-2-3-8-21/h11,14H,2-10,12-13H2,1H3/t14-/m0/s1. The van der Waals surface area contributed by atoms with Gasteiger partial charge in [0.15, 0.2) is 0 Å². The minimum atomic E-state index is -3.32. The lowest BCUT2D eigenvalue weighted by Crippen LogP contribution is -2.46. The summed E-state index contributed by atoms with van der Waals surface area (Å²) in [7, 11) is -1.21. The molecule has 0 aliphatic carbocycles. The van der Waals surface area contributed by atoms with Crippen molar-refractivity contribution in [1.29, 1.82) is 0 Å². The fourth-order valence-electron chi connectivity index (χ4n) is 4.11. The molecule has 25 heavy (non-hydrogen) atoms. The van der Waals surface area contributed by atoms with Crippen molar-refractivity contribution in [2.24, 2.45) is 0 Å². The molecule has 4 rings (SSSR count). The largest absolute Gasteiger partial charge is 0.302 e. The molecule has 0 aromatic carbocycles. The lowest BCUT2D eigenvalue weighted by molar-refractivity contribution is 0.284.